The third kappa shape index (κ3) is 3.81. The third-order valence-corrected chi connectivity index (χ3v) is 5.98. The first-order valence-corrected chi connectivity index (χ1v) is 9.88. The van der Waals surface area contributed by atoms with Crippen molar-refractivity contribution < 1.29 is 9.47 Å². The number of benzene rings is 2. The van der Waals surface area contributed by atoms with Crippen LogP contribution in [-0.2, 0) is 0 Å². The smallest absolute Gasteiger partial charge is 0.162 e. The van der Waals surface area contributed by atoms with Gasteiger partial charge in [-0.3, -0.25) is 0 Å². The second kappa shape index (κ2) is 7.60. The maximum absolute atomic E-state index is 5.21. The van der Waals surface area contributed by atoms with Crippen LogP contribution in [0.2, 0.25) is 0 Å². The molecular formula is C20H22N2O2S2. The molecule has 0 N–H and O–H groups in total. The molecular weight excluding hydrogens is 364 g/mol. The van der Waals surface area contributed by atoms with E-state index < -0.39 is 0 Å². The van der Waals surface area contributed by atoms with Crippen LogP contribution in [0, 0.1) is 27.7 Å². The van der Waals surface area contributed by atoms with Gasteiger partial charge in [-0.25, -0.2) is 9.97 Å². The van der Waals surface area contributed by atoms with E-state index in [1.54, 1.807) is 36.9 Å². The average molecular weight is 387 g/mol. The number of hydrogen-bond acceptors (Lipinski definition) is 6. The van der Waals surface area contributed by atoms with Crippen molar-refractivity contribution in [3.63, 3.8) is 0 Å². The highest BCUT2D eigenvalue weighted by Gasteiger charge is 2.08. The van der Waals surface area contributed by atoms with E-state index in [1.807, 2.05) is 19.1 Å². The number of methoxy groups -OCH3 is 2. The minimum absolute atomic E-state index is 0.727. The topological polar surface area (TPSA) is 44.2 Å². The van der Waals surface area contributed by atoms with E-state index in [4.69, 9.17) is 9.47 Å². The summed E-state index contributed by atoms with van der Waals surface area (Å²) in [4.78, 5) is 8.83. The fourth-order valence-electron chi connectivity index (χ4n) is 2.86. The zero-order valence-electron chi connectivity index (χ0n) is 15.8. The highest BCUT2D eigenvalue weighted by atomic mass is 32.1. The number of aromatic nitrogens is 2. The van der Waals surface area contributed by atoms with Crippen LogP contribution in [0.25, 0.3) is 20.4 Å². The van der Waals surface area contributed by atoms with Crippen molar-refractivity contribution in [3.05, 3.63) is 45.4 Å². The molecule has 0 saturated carbocycles. The number of aryl methyl sites for hydroxylation is 4. The van der Waals surface area contributed by atoms with Crippen molar-refractivity contribution >= 4 is 43.1 Å². The molecule has 0 aliphatic rings. The summed E-state index contributed by atoms with van der Waals surface area (Å²) in [5.41, 5.74) is 4.75. The normalized spacial score (nSPS) is 10.7. The zero-order valence-corrected chi connectivity index (χ0v) is 17.5. The molecule has 4 rings (SSSR count). The molecule has 0 spiro atoms. The van der Waals surface area contributed by atoms with Gasteiger partial charge in [0.15, 0.2) is 11.5 Å². The van der Waals surface area contributed by atoms with Gasteiger partial charge in [0.1, 0.15) is 0 Å². The van der Waals surface area contributed by atoms with E-state index in [0.717, 1.165) is 37.2 Å². The molecule has 0 aliphatic carbocycles. The molecule has 0 bridgehead atoms. The summed E-state index contributed by atoms with van der Waals surface area (Å²) in [7, 11) is 3.26. The number of rotatable bonds is 2. The Morgan fingerprint density at radius 1 is 0.731 bits per heavy atom. The Balaban J connectivity index is 0.000000152. The van der Waals surface area contributed by atoms with Gasteiger partial charge in [-0.05, 0) is 44.9 Å². The second-order valence-corrected chi connectivity index (χ2v) is 8.51. The molecule has 0 atom stereocenters. The second-order valence-electron chi connectivity index (χ2n) is 6.07. The summed E-state index contributed by atoms with van der Waals surface area (Å²) in [5, 5.41) is 2.20. The van der Waals surface area contributed by atoms with Crippen molar-refractivity contribution in [2.24, 2.45) is 0 Å². The molecule has 2 aromatic carbocycles. The Morgan fingerprint density at radius 2 is 1.35 bits per heavy atom. The van der Waals surface area contributed by atoms with Gasteiger partial charge in [-0.15, -0.1) is 22.7 Å². The molecule has 0 fully saturated rings. The van der Waals surface area contributed by atoms with Gasteiger partial charge >= 0.3 is 0 Å². The van der Waals surface area contributed by atoms with Crippen LogP contribution >= 0.6 is 22.7 Å². The van der Waals surface area contributed by atoms with Crippen LogP contribution in [0.15, 0.2) is 24.3 Å². The van der Waals surface area contributed by atoms with Crippen LogP contribution in [0.5, 0.6) is 11.5 Å². The Bertz CT molecular complexity index is 1030. The first-order chi connectivity index (χ1) is 12.4. The van der Waals surface area contributed by atoms with Gasteiger partial charge in [0.25, 0.3) is 0 Å². The SMILES string of the molecule is COc1cc2nc(C)sc2cc1OC.Cc1cc(C)c2sc(C)nc2c1. The lowest BCUT2D eigenvalue weighted by Gasteiger charge is -2.05. The summed E-state index contributed by atoms with van der Waals surface area (Å²) in [6.45, 7) is 8.30. The fraction of sp³-hybridized carbons (Fsp3) is 0.300. The van der Waals surface area contributed by atoms with Gasteiger partial charge in [-0.2, -0.15) is 0 Å². The summed E-state index contributed by atoms with van der Waals surface area (Å²) in [6, 6.07) is 8.21. The van der Waals surface area contributed by atoms with E-state index in [0.29, 0.717) is 0 Å². The van der Waals surface area contributed by atoms with E-state index in [2.05, 4.69) is 42.9 Å². The van der Waals surface area contributed by atoms with Crippen LogP contribution < -0.4 is 9.47 Å². The standard InChI is InChI=1S/C10H11NO2S.C10H11NS/c1-6-11-7-4-8(12-2)9(13-3)5-10(7)14-6;1-6-4-7(2)10-9(5-6)11-8(3)12-10/h4-5H,1-3H3;4-5H,1-3H3. The van der Waals surface area contributed by atoms with E-state index in [1.165, 1.54) is 15.8 Å². The number of ether oxygens (including phenoxy) is 2. The molecule has 0 aliphatic heterocycles. The molecule has 0 radical (unpaired) electrons. The van der Waals surface area contributed by atoms with Crippen molar-refractivity contribution in [1.82, 2.24) is 9.97 Å². The van der Waals surface area contributed by atoms with Gasteiger partial charge in [-0.1, -0.05) is 6.07 Å². The van der Waals surface area contributed by atoms with E-state index >= 15 is 0 Å². The lowest BCUT2D eigenvalue weighted by atomic mass is 10.1. The molecule has 4 nitrogen and oxygen atoms in total. The van der Waals surface area contributed by atoms with Crippen LogP contribution in [0.4, 0.5) is 0 Å². The van der Waals surface area contributed by atoms with Crippen molar-refractivity contribution in [2.45, 2.75) is 27.7 Å². The Labute approximate surface area is 161 Å². The first kappa shape index (κ1) is 18.6. The highest BCUT2D eigenvalue weighted by molar-refractivity contribution is 7.18. The molecule has 4 aromatic rings. The highest BCUT2D eigenvalue weighted by Crippen LogP contribution is 2.34. The predicted molar refractivity (Wildman–Crippen MR) is 111 cm³/mol. The Morgan fingerprint density at radius 3 is 2.04 bits per heavy atom. The van der Waals surface area contributed by atoms with Gasteiger partial charge < -0.3 is 9.47 Å². The quantitative estimate of drug-likeness (QED) is 0.434. The number of hydrogen-bond donors (Lipinski definition) is 0. The van der Waals surface area contributed by atoms with E-state index in [9.17, 15) is 0 Å². The predicted octanol–water partition coefficient (Wildman–Crippen LogP) is 5.84. The number of nitrogens with zero attached hydrogens (tertiary/aromatic N) is 2. The summed E-state index contributed by atoms with van der Waals surface area (Å²) < 4.78 is 12.9. The Kier molecular flexibility index (Phi) is 5.44. The van der Waals surface area contributed by atoms with Crippen molar-refractivity contribution in [2.75, 3.05) is 14.2 Å². The lowest BCUT2D eigenvalue weighted by Crippen LogP contribution is -1.89. The van der Waals surface area contributed by atoms with Crippen LogP contribution in [-0.4, -0.2) is 24.2 Å². The number of fused-ring (bicyclic) bond motifs is 2. The maximum atomic E-state index is 5.21. The molecule has 136 valence electrons. The maximum Gasteiger partial charge on any atom is 0.162 e. The largest absolute Gasteiger partial charge is 0.493 e. The number of thiazole rings is 2. The summed E-state index contributed by atoms with van der Waals surface area (Å²) in [5.74, 6) is 1.48. The van der Waals surface area contributed by atoms with Crippen LogP contribution in [0.3, 0.4) is 0 Å². The van der Waals surface area contributed by atoms with Gasteiger partial charge in [0, 0.05) is 12.1 Å². The van der Waals surface area contributed by atoms with Gasteiger partial charge in [0.2, 0.25) is 0 Å². The molecule has 26 heavy (non-hydrogen) atoms. The summed E-state index contributed by atoms with van der Waals surface area (Å²) in [6.07, 6.45) is 0. The molecule has 2 heterocycles. The molecule has 0 amide bonds. The molecule has 0 unspecified atom stereocenters. The van der Waals surface area contributed by atoms with Crippen molar-refractivity contribution in [1.29, 1.82) is 0 Å². The third-order valence-electron chi connectivity index (χ3n) is 3.93. The zero-order chi connectivity index (χ0) is 18.8. The fourth-order valence-corrected chi connectivity index (χ4v) is 4.56. The lowest BCUT2D eigenvalue weighted by molar-refractivity contribution is 0.356. The molecule has 0 saturated heterocycles. The molecule has 6 heteroatoms. The summed E-state index contributed by atoms with van der Waals surface area (Å²) >= 11 is 3.43. The monoisotopic (exact) mass is 386 g/mol. The van der Waals surface area contributed by atoms with Crippen molar-refractivity contribution in [3.8, 4) is 11.5 Å². The average Bonchev–Trinajstić information content (AvgIpc) is 3.14. The molecule has 2 aromatic heterocycles. The minimum Gasteiger partial charge on any atom is -0.493 e. The minimum atomic E-state index is 0.727. The van der Waals surface area contributed by atoms with Gasteiger partial charge in [0.05, 0.1) is 44.7 Å². The van der Waals surface area contributed by atoms with E-state index in [-0.39, 0.29) is 0 Å². The van der Waals surface area contributed by atoms with Crippen LogP contribution in [0.1, 0.15) is 21.1 Å². The Hall–Kier alpha value is -2.18. The first-order valence-electron chi connectivity index (χ1n) is 8.25.